The van der Waals surface area contributed by atoms with E-state index >= 15 is 0 Å². The fourth-order valence-corrected chi connectivity index (χ4v) is 3.57. The Balaban J connectivity index is 2.19. The molecule has 0 saturated heterocycles. The molecule has 0 aliphatic heterocycles. The molecule has 1 aromatic carbocycles. The first-order valence-corrected chi connectivity index (χ1v) is 8.82. The molecule has 23 heavy (non-hydrogen) atoms. The number of aromatic nitrogens is 2. The van der Waals surface area contributed by atoms with Crippen LogP contribution in [0.3, 0.4) is 0 Å². The van der Waals surface area contributed by atoms with E-state index in [4.69, 9.17) is 5.73 Å². The maximum Gasteiger partial charge on any atom is 0.0513 e. The van der Waals surface area contributed by atoms with Crippen molar-refractivity contribution in [2.45, 2.75) is 33.1 Å². The van der Waals surface area contributed by atoms with Gasteiger partial charge >= 0.3 is 0 Å². The van der Waals surface area contributed by atoms with Crippen molar-refractivity contribution in [3.8, 4) is 11.3 Å². The van der Waals surface area contributed by atoms with Crippen molar-refractivity contribution in [1.29, 1.82) is 0 Å². The van der Waals surface area contributed by atoms with Gasteiger partial charge in [0.15, 0.2) is 0 Å². The van der Waals surface area contributed by atoms with E-state index < -0.39 is 0 Å². The summed E-state index contributed by atoms with van der Waals surface area (Å²) in [5.41, 5.74) is 13.2. The van der Waals surface area contributed by atoms with Crippen molar-refractivity contribution >= 4 is 26.8 Å². The molecule has 0 saturated carbocycles. The summed E-state index contributed by atoms with van der Waals surface area (Å²) in [6.07, 6.45) is 6.92. The lowest BCUT2D eigenvalue weighted by molar-refractivity contribution is 0.748. The number of H-pyrrole nitrogens is 1. The smallest absolute Gasteiger partial charge is 0.0513 e. The summed E-state index contributed by atoms with van der Waals surface area (Å²) in [5.74, 6) is 0. The van der Waals surface area contributed by atoms with E-state index in [1.807, 2.05) is 12.4 Å². The average Bonchev–Trinajstić information content (AvgIpc) is 2.87. The number of aromatic amines is 1. The van der Waals surface area contributed by atoms with Gasteiger partial charge < -0.3 is 10.7 Å². The van der Waals surface area contributed by atoms with Crippen LogP contribution in [0.15, 0.2) is 35.1 Å². The topological polar surface area (TPSA) is 54.7 Å². The zero-order chi connectivity index (χ0) is 16.4. The molecule has 3 N–H and O–H groups in total. The number of halogens is 1. The van der Waals surface area contributed by atoms with E-state index in [2.05, 4.69) is 57.9 Å². The quantitative estimate of drug-likeness (QED) is 0.627. The molecule has 2 heterocycles. The standard InChI is InChI=1S/C19H22BrN3/c1-12-7-13(2)18-17(8-12)16(5-3-4-6-21)19(23-18)14-9-15(20)11-22-10-14/h7-11,23H,3-6,21H2,1-2H3. The van der Waals surface area contributed by atoms with Crippen molar-refractivity contribution in [3.63, 3.8) is 0 Å². The highest BCUT2D eigenvalue weighted by molar-refractivity contribution is 9.10. The summed E-state index contributed by atoms with van der Waals surface area (Å²) in [5, 5.41) is 1.33. The Bertz CT molecular complexity index is 836. The molecular weight excluding hydrogens is 350 g/mol. The molecular formula is C19H22BrN3. The Kier molecular flexibility index (Phi) is 4.83. The Hall–Kier alpha value is -1.65. The van der Waals surface area contributed by atoms with E-state index in [0.717, 1.165) is 35.8 Å². The van der Waals surface area contributed by atoms with Crippen molar-refractivity contribution in [2.24, 2.45) is 5.73 Å². The molecule has 120 valence electrons. The molecule has 4 heteroatoms. The van der Waals surface area contributed by atoms with E-state index in [-0.39, 0.29) is 0 Å². The number of rotatable bonds is 5. The molecule has 0 atom stereocenters. The molecule has 3 rings (SSSR count). The number of nitrogens with one attached hydrogen (secondary N) is 1. The van der Waals surface area contributed by atoms with Crippen LogP contribution in [0.5, 0.6) is 0 Å². The lowest BCUT2D eigenvalue weighted by atomic mass is 9.99. The first-order valence-electron chi connectivity index (χ1n) is 8.03. The van der Waals surface area contributed by atoms with Crippen LogP contribution in [0, 0.1) is 13.8 Å². The predicted molar refractivity (Wildman–Crippen MR) is 101 cm³/mol. The van der Waals surface area contributed by atoms with Crippen LogP contribution >= 0.6 is 15.9 Å². The van der Waals surface area contributed by atoms with E-state index in [1.54, 1.807) is 0 Å². The zero-order valence-corrected chi connectivity index (χ0v) is 15.2. The Morgan fingerprint density at radius 2 is 1.96 bits per heavy atom. The van der Waals surface area contributed by atoms with E-state index in [1.165, 1.54) is 33.3 Å². The highest BCUT2D eigenvalue weighted by atomic mass is 79.9. The minimum atomic E-state index is 0.744. The van der Waals surface area contributed by atoms with Gasteiger partial charge in [0.05, 0.1) is 5.69 Å². The van der Waals surface area contributed by atoms with Gasteiger partial charge in [0.1, 0.15) is 0 Å². The van der Waals surface area contributed by atoms with Gasteiger partial charge in [-0.15, -0.1) is 0 Å². The molecule has 0 aliphatic carbocycles. The second kappa shape index (κ2) is 6.85. The Morgan fingerprint density at radius 1 is 1.13 bits per heavy atom. The van der Waals surface area contributed by atoms with Gasteiger partial charge in [0.25, 0.3) is 0 Å². The number of nitrogens with zero attached hydrogens (tertiary/aromatic N) is 1. The van der Waals surface area contributed by atoms with Crippen LogP contribution in [0.1, 0.15) is 29.5 Å². The van der Waals surface area contributed by atoms with Crippen molar-refractivity contribution in [3.05, 3.63) is 51.8 Å². The van der Waals surface area contributed by atoms with Gasteiger partial charge in [-0.05, 0) is 78.8 Å². The van der Waals surface area contributed by atoms with Gasteiger partial charge in [-0.1, -0.05) is 11.6 Å². The molecule has 0 bridgehead atoms. The average molecular weight is 372 g/mol. The van der Waals surface area contributed by atoms with Crippen LogP contribution in [-0.2, 0) is 6.42 Å². The second-order valence-electron chi connectivity index (χ2n) is 6.12. The summed E-state index contributed by atoms with van der Waals surface area (Å²) in [6, 6.07) is 6.63. The first-order chi connectivity index (χ1) is 11.1. The molecule has 0 aliphatic rings. The van der Waals surface area contributed by atoms with E-state index in [9.17, 15) is 0 Å². The number of nitrogens with two attached hydrogens (primary N) is 1. The van der Waals surface area contributed by atoms with Crippen LogP contribution < -0.4 is 5.73 Å². The fraction of sp³-hybridized carbons (Fsp3) is 0.316. The highest BCUT2D eigenvalue weighted by Gasteiger charge is 2.15. The minimum absolute atomic E-state index is 0.744. The number of benzene rings is 1. The van der Waals surface area contributed by atoms with E-state index in [0.29, 0.717) is 0 Å². The van der Waals surface area contributed by atoms with Gasteiger partial charge in [0.2, 0.25) is 0 Å². The predicted octanol–water partition coefficient (Wildman–Crippen LogP) is 4.89. The molecule has 0 unspecified atom stereocenters. The number of unbranched alkanes of at least 4 members (excludes halogenated alkanes) is 1. The summed E-state index contributed by atoms with van der Waals surface area (Å²) >= 11 is 3.52. The second-order valence-corrected chi connectivity index (χ2v) is 7.04. The third-order valence-corrected chi connectivity index (χ3v) is 4.66. The monoisotopic (exact) mass is 371 g/mol. The molecule has 0 fully saturated rings. The fourth-order valence-electron chi connectivity index (χ4n) is 3.21. The number of fused-ring (bicyclic) bond motifs is 1. The molecule has 0 amide bonds. The van der Waals surface area contributed by atoms with Gasteiger partial charge in [-0.3, -0.25) is 4.98 Å². The van der Waals surface area contributed by atoms with Crippen molar-refractivity contribution in [1.82, 2.24) is 9.97 Å². The molecule has 0 radical (unpaired) electrons. The minimum Gasteiger partial charge on any atom is -0.354 e. The largest absolute Gasteiger partial charge is 0.354 e. The lowest BCUT2D eigenvalue weighted by Crippen LogP contribution is -1.99. The van der Waals surface area contributed by atoms with Crippen molar-refractivity contribution < 1.29 is 0 Å². The maximum atomic E-state index is 5.67. The highest BCUT2D eigenvalue weighted by Crippen LogP contribution is 2.34. The Morgan fingerprint density at radius 3 is 2.70 bits per heavy atom. The maximum absolute atomic E-state index is 5.67. The number of hydrogen-bond acceptors (Lipinski definition) is 2. The van der Waals surface area contributed by atoms with Crippen molar-refractivity contribution in [2.75, 3.05) is 6.54 Å². The van der Waals surface area contributed by atoms with Crippen LogP contribution in [0.2, 0.25) is 0 Å². The normalized spacial score (nSPS) is 11.3. The van der Waals surface area contributed by atoms with Gasteiger partial charge in [-0.2, -0.15) is 0 Å². The number of pyridine rings is 1. The molecule has 2 aromatic heterocycles. The summed E-state index contributed by atoms with van der Waals surface area (Å²) in [4.78, 5) is 7.96. The van der Waals surface area contributed by atoms with Crippen LogP contribution in [0.4, 0.5) is 0 Å². The first kappa shape index (κ1) is 16.2. The zero-order valence-electron chi connectivity index (χ0n) is 13.6. The number of aryl methyl sites for hydroxylation is 3. The lowest BCUT2D eigenvalue weighted by Gasteiger charge is -2.06. The van der Waals surface area contributed by atoms with Crippen LogP contribution in [-0.4, -0.2) is 16.5 Å². The third kappa shape index (κ3) is 3.33. The molecule has 3 aromatic rings. The molecule has 3 nitrogen and oxygen atoms in total. The number of hydrogen-bond donors (Lipinski definition) is 2. The van der Waals surface area contributed by atoms with Crippen LogP contribution in [0.25, 0.3) is 22.2 Å². The summed E-state index contributed by atoms with van der Waals surface area (Å²) in [6.45, 7) is 5.07. The third-order valence-electron chi connectivity index (χ3n) is 4.23. The SMILES string of the molecule is Cc1cc(C)c2[nH]c(-c3cncc(Br)c3)c(CCCCN)c2c1. The Labute approximate surface area is 145 Å². The summed E-state index contributed by atoms with van der Waals surface area (Å²) < 4.78 is 0.995. The molecule has 0 spiro atoms. The van der Waals surface area contributed by atoms with Gasteiger partial charge in [-0.25, -0.2) is 0 Å². The summed E-state index contributed by atoms with van der Waals surface area (Å²) in [7, 11) is 0. The van der Waals surface area contributed by atoms with Gasteiger partial charge in [0, 0.05) is 33.3 Å².